The number of rotatable bonds is 18. The minimum Gasteiger partial charge on any atom is -0.461 e. The monoisotopic (exact) mass is 1160 g/mol. The number of methoxy groups -OCH3 is 2. The standard InChI is InChI=1S/C57H96N4O18S/c1-18-72-60-42-26-36(7)74-53(45(42)63)78-47-33(4)27-57(14,79-55(66)59-56(12,13)30-58-80(67,68)41-22-20-19-21-23-41)51(64)32(3)24-31(2)46(34(5)29-71-54-50(70-17)49(69-16)44(62)40(11)75-54)77-52(65)39(10)48(38(47)9)76-43-25-35(6)61(15)28-37(8)73-43/h19-23,31-40,43-50,53-54,58,62-63H,18,24-30H2,1-17H3,(H,59,66)/t31-,32+,33-,34?,35+,36+,37-,38+,39+,40+,43-,44+,45+,46+,47-,48-,49+,50+,53-,54+,57-/m0/s1. The van der Waals surface area contributed by atoms with Gasteiger partial charge < -0.3 is 72.6 Å². The number of hydrogen-bond acceptors (Lipinski definition) is 20. The number of ether oxygens (including phenoxy) is 10. The zero-order valence-corrected chi connectivity index (χ0v) is 51.1. The van der Waals surface area contributed by atoms with Gasteiger partial charge in [0.05, 0.1) is 59.2 Å². The number of carbonyl (C=O) groups excluding carboxylic acids is 3. The number of aliphatic hydroxyl groups excluding tert-OH is 2. The maximum Gasteiger partial charge on any atom is 0.408 e. The van der Waals surface area contributed by atoms with E-state index in [0.29, 0.717) is 18.7 Å². The highest BCUT2D eigenvalue weighted by molar-refractivity contribution is 7.89. The number of esters is 1. The summed E-state index contributed by atoms with van der Waals surface area (Å²) in [6.45, 7) is 25.7. The van der Waals surface area contributed by atoms with Gasteiger partial charge in [-0.25, -0.2) is 17.9 Å². The van der Waals surface area contributed by atoms with Crippen LogP contribution >= 0.6 is 0 Å². The summed E-state index contributed by atoms with van der Waals surface area (Å²) in [6.07, 6.45) is -11.6. The average molecular weight is 1160 g/mol. The van der Waals surface area contributed by atoms with Gasteiger partial charge in [-0.2, -0.15) is 0 Å². The molecule has 4 N–H and O–H groups in total. The van der Waals surface area contributed by atoms with Gasteiger partial charge in [0, 0.05) is 63.9 Å². The van der Waals surface area contributed by atoms with Crippen molar-refractivity contribution in [2.75, 3.05) is 47.6 Å². The summed E-state index contributed by atoms with van der Waals surface area (Å²) in [5.41, 5.74) is -2.81. The lowest BCUT2D eigenvalue weighted by Gasteiger charge is -2.44. The SMILES string of the molecule is CCON=C1C[C@@H](C)O[C@@H](O[C@@H]2[C@@H](C)[C@H](O[C@H]3C[C@@H](C)N(C)C[C@H](C)O3)[C@@H](C)C(=O)O[C@@H](C(C)CO[C@@H]3O[C@H](C)[C@@H](O)[C@@H](OC)[C@H]3OC)[C@@H](C)C[C@@H](C)C(=O)[C@@](C)(OC(=O)NC(C)(C)CNS(=O)(=O)c3ccccc3)C[C@@H]2C)[C@@H]1O. The third kappa shape index (κ3) is 17.6. The largest absolute Gasteiger partial charge is 0.461 e. The number of alkyl carbamates (subject to hydrolysis) is 1. The van der Waals surface area contributed by atoms with Crippen LogP contribution in [0.5, 0.6) is 0 Å². The first kappa shape index (κ1) is 67.4. The van der Waals surface area contributed by atoms with Gasteiger partial charge in [-0.05, 0) is 106 Å². The summed E-state index contributed by atoms with van der Waals surface area (Å²) in [5, 5.41) is 29.7. The van der Waals surface area contributed by atoms with E-state index in [1.54, 1.807) is 66.7 Å². The molecule has 1 unspecified atom stereocenters. The summed E-state index contributed by atoms with van der Waals surface area (Å²) in [5.74, 6) is -5.38. The molecule has 4 heterocycles. The molecule has 80 heavy (non-hydrogen) atoms. The third-order valence-electron chi connectivity index (χ3n) is 16.2. The fraction of sp³-hybridized carbons (Fsp3) is 0.825. The number of aliphatic hydroxyl groups is 2. The number of amides is 1. The molecule has 0 bridgehead atoms. The fourth-order valence-electron chi connectivity index (χ4n) is 11.6. The summed E-state index contributed by atoms with van der Waals surface area (Å²) >= 11 is 0. The lowest BCUT2D eigenvalue weighted by atomic mass is 9.75. The van der Waals surface area contributed by atoms with Crippen LogP contribution in [-0.2, 0) is 71.8 Å². The summed E-state index contributed by atoms with van der Waals surface area (Å²) in [7, 11) is 0.987. The van der Waals surface area contributed by atoms with Crippen molar-refractivity contribution in [3.8, 4) is 0 Å². The fourth-order valence-corrected chi connectivity index (χ4v) is 12.9. The molecule has 4 saturated heterocycles. The Balaban J connectivity index is 1.60. The van der Waals surface area contributed by atoms with Crippen LogP contribution in [0.2, 0.25) is 0 Å². The van der Waals surface area contributed by atoms with E-state index in [9.17, 15) is 23.4 Å². The lowest BCUT2D eigenvalue weighted by molar-refractivity contribution is -0.305. The molecule has 0 spiro atoms. The Bertz CT molecular complexity index is 2280. The molecule has 4 aliphatic heterocycles. The van der Waals surface area contributed by atoms with Crippen molar-refractivity contribution in [2.45, 2.75) is 225 Å². The first-order valence-electron chi connectivity index (χ1n) is 28.5. The van der Waals surface area contributed by atoms with Crippen molar-refractivity contribution >= 4 is 33.6 Å². The molecule has 22 nitrogen and oxygen atoms in total. The molecule has 1 amide bonds. The van der Waals surface area contributed by atoms with Crippen LogP contribution in [0.1, 0.15) is 123 Å². The number of Topliss-reactive ketones (excluding diaryl/α,β-unsaturated/α-hetero) is 1. The van der Waals surface area contributed by atoms with Gasteiger partial charge in [0.1, 0.15) is 37.1 Å². The maximum absolute atomic E-state index is 15.4. The predicted molar refractivity (Wildman–Crippen MR) is 296 cm³/mol. The molecular formula is C57H96N4O18S. The molecular weight excluding hydrogens is 1060 g/mol. The third-order valence-corrected chi connectivity index (χ3v) is 17.6. The van der Waals surface area contributed by atoms with Gasteiger partial charge in [-0.15, -0.1) is 0 Å². The highest BCUT2D eigenvalue weighted by atomic mass is 32.2. The average Bonchev–Trinajstić information content (AvgIpc) is 3.51. The molecule has 5 rings (SSSR count). The van der Waals surface area contributed by atoms with Gasteiger partial charge in [0.25, 0.3) is 0 Å². The Morgan fingerprint density at radius 2 is 1.55 bits per heavy atom. The van der Waals surface area contributed by atoms with Crippen molar-refractivity contribution in [1.82, 2.24) is 14.9 Å². The van der Waals surface area contributed by atoms with Crippen LogP contribution in [0.15, 0.2) is 40.4 Å². The second-order valence-electron chi connectivity index (χ2n) is 24.0. The number of nitrogens with zero attached hydrogens (tertiary/aromatic N) is 2. The van der Waals surface area contributed by atoms with Crippen LogP contribution in [0.25, 0.3) is 0 Å². The number of cyclic esters (lactones) is 1. The minimum absolute atomic E-state index is 0.0131. The Labute approximate surface area is 475 Å². The number of sulfonamides is 1. The number of oxime groups is 1. The smallest absolute Gasteiger partial charge is 0.408 e. The van der Waals surface area contributed by atoms with E-state index in [1.165, 1.54) is 26.4 Å². The van der Waals surface area contributed by atoms with Gasteiger partial charge in [0.2, 0.25) is 10.0 Å². The van der Waals surface area contributed by atoms with E-state index >= 15 is 9.59 Å². The molecule has 458 valence electrons. The summed E-state index contributed by atoms with van der Waals surface area (Å²) < 4.78 is 92.8. The topological polar surface area (TPSA) is 267 Å². The first-order chi connectivity index (χ1) is 37.5. The Morgan fingerprint density at radius 3 is 2.19 bits per heavy atom. The molecule has 0 saturated carbocycles. The van der Waals surface area contributed by atoms with Crippen molar-refractivity contribution in [3.63, 3.8) is 0 Å². The lowest BCUT2D eigenvalue weighted by Crippen LogP contribution is -2.59. The van der Waals surface area contributed by atoms with E-state index in [4.69, 9.17) is 52.2 Å². The van der Waals surface area contributed by atoms with E-state index < -0.39 is 148 Å². The van der Waals surface area contributed by atoms with Crippen LogP contribution in [0.3, 0.4) is 0 Å². The van der Waals surface area contributed by atoms with Gasteiger partial charge in [-0.3, -0.25) is 9.59 Å². The maximum atomic E-state index is 15.4. The summed E-state index contributed by atoms with van der Waals surface area (Å²) in [6, 6.07) is 7.86. The molecule has 1 aromatic rings. The quantitative estimate of drug-likeness (QED) is 0.103. The molecule has 4 fully saturated rings. The second kappa shape index (κ2) is 29.4. The van der Waals surface area contributed by atoms with Crippen LogP contribution in [0.4, 0.5) is 4.79 Å². The molecule has 0 radical (unpaired) electrons. The van der Waals surface area contributed by atoms with Crippen molar-refractivity contribution in [3.05, 3.63) is 30.3 Å². The van der Waals surface area contributed by atoms with Crippen molar-refractivity contribution < 1.29 is 85.2 Å². The molecule has 1 aromatic carbocycles. The molecule has 21 atom stereocenters. The first-order valence-corrected chi connectivity index (χ1v) is 29.9. The highest BCUT2D eigenvalue weighted by Gasteiger charge is 2.51. The van der Waals surface area contributed by atoms with Gasteiger partial charge in [-0.1, -0.05) is 58.0 Å². The Kier molecular flexibility index (Phi) is 24.7. The van der Waals surface area contributed by atoms with E-state index in [1.807, 2.05) is 48.6 Å². The van der Waals surface area contributed by atoms with Crippen molar-refractivity contribution in [1.29, 1.82) is 0 Å². The van der Waals surface area contributed by atoms with Crippen LogP contribution < -0.4 is 10.0 Å². The second-order valence-corrected chi connectivity index (χ2v) is 25.7. The number of likely N-dealkylation sites (N-methyl/N-ethyl adjacent to an activating group) is 1. The molecule has 0 aromatic heterocycles. The zero-order valence-electron chi connectivity index (χ0n) is 50.3. The van der Waals surface area contributed by atoms with Gasteiger partial charge in [0.15, 0.2) is 30.3 Å². The number of ketones is 1. The number of hydrogen-bond donors (Lipinski definition) is 4. The van der Waals surface area contributed by atoms with E-state index in [0.717, 1.165) is 0 Å². The number of carbonyl (C=O) groups is 3. The normalized spacial score (nSPS) is 38.6. The van der Waals surface area contributed by atoms with Crippen LogP contribution in [-0.4, -0.2) is 192 Å². The Hall–Kier alpha value is -3.43. The van der Waals surface area contributed by atoms with Crippen molar-refractivity contribution in [2.24, 2.45) is 40.7 Å². The predicted octanol–water partition coefficient (Wildman–Crippen LogP) is 5.59. The Morgan fingerprint density at radius 1 is 0.887 bits per heavy atom. The molecule has 23 heteroatoms. The van der Waals surface area contributed by atoms with Gasteiger partial charge >= 0.3 is 12.1 Å². The molecule has 0 aliphatic carbocycles. The van der Waals surface area contributed by atoms with Crippen LogP contribution in [0, 0.1) is 35.5 Å². The zero-order chi connectivity index (χ0) is 59.6. The number of nitrogens with one attached hydrogen (secondary N) is 2. The summed E-state index contributed by atoms with van der Waals surface area (Å²) in [4.78, 5) is 52.6. The van der Waals surface area contributed by atoms with E-state index in [-0.39, 0.29) is 56.1 Å². The number of benzene rings is 1. The minimum atomic E-state index is -3.97. The van der Waals surface area contributed by atoms with E-state index in [2.05, 4.69) is 27.0 Å². The highest BCUT2D eigenvalue weighted by Crippen LogP contribution is 2.40. The molecule has 4 aliphatic rings.